The maximum absolute atomic E-state index is 10.6. The van der Waals surface area contributed by atoms with Gasteiger partial charge in [-0.05, 0) is 6.54 Å². The van der Waals surface area contributed by atoms with E-state index in [0.717, 1.165) is 0 Å². The Balaban J connectivity index is 3.81. The van der Waals surface area contributed by atoms with Crippen LogP contribution in [0, 0.1) is 5.92 Å². The lowest BCUT2D eigenvalue weighted by atomic mass is 10.1. The Bertz CT molecular complexity index is 116. The van der Waals surface area contributed by atoms with Gasteiger partial charge in [-0.3, -0.25) is 0 Å². The Morgan fingerprint density at radius 2 is 2.30 bits per heavy atom. The molecule has 3 N–H and O–H groups in total. The van der Waals surface area contributed by atoms with Gasteiger partial charge < -0.3 is 15.6 Å². The summed E-state index contributed by atoms with van der Waals surface area (Å²) in [6.07, 6.45) is -1.09. The maximum atomic E-state index is 10.6. The van der Waals surface area contributed by atoms with Crippen molar-refractivity contribution in [1.82, 2.24) is 0 Å². The monoisotopic (exact) mass is 147 g/mol. The van der Waals surface area contributed by atoms with E-state index < -0.39 is 12.1 Å². The molecule has 0 saturated heterocycles. The number of esters is 1. The molecule has 0 aromatic carbocycles. The molecule has 0 radical (unpaired) electrons. The number of methoxy groups -OCH3 is 1. The van der Waals surface area contributed by atoms with E-state index in [9.17, 15) is 4.79 Å². The first-order chi connectivity index (χ1) is 4.63. The van der Waals surface area contributed by atoms with E-state index in [4.69, 9.17) is 10.8 Å². The van der Waals surface area contributed by atoms with Gasteiger partial charge in [0, 0.05) is 5.92 Å². The van der Waals surface area contributed by atoms with Gasteiger partial charge in [-0.2, -0.15) is 0 Å². The molecular formula is C6H13NO3. The molecule has 4 nitrogen and oxygen atoms in total. The molecule has 0 aliphatic rings. The summed E-state index contributed by atoms with van der Waals surface area (Å²) in [5, 5.41) is 9.03. The highest BCUT2D eigenvalue weighted by atomic mass is 16.5. The molecule has 0 aliphatic heterocycles. The highest BCUT2D eigenvalue weighted by Crippen LogP contribution is 2.01. The van der Waals surface area contributed by atoms with Gasteiger partial charge >= 0.3 is 5.97 Å². The molecule has 0 rings (SSSR count). The Morgan fingerprint density at radius 1 is 1.80 bits per heavy atom. The number of nitrogens with two attached hydrogens (primary N) is 1. The predicted octanol–water partition coefficient (Wildman–Crippen LogP) is -0.885. The third-order valence-electron chi connectivity index (χ3n) is 1.35. The smallest absolute Gasteiger partial charge is 0.335 e. The quantitative estimate of drug-likeness (QED) is 0.508. The van der Waals surface area contributed by atoms with Crippen LogP contribution in [0.4, 0.5) is 0 Å². The van der Waals surface area contributed by atoms with Gasteiger partial charge in [0.25, 0.3) is 0 Å². The van der Waals surface area contributed by atoms with E-state index >= 15 is 0 Å². The number of hydrogen-bond acceptors (Lipinski definition) is 4. The molecule has 0 aliphatic carbocycles. The number of rotatable bonds is 3. The summed E-state index contributed by atoms with van der Waals surface area (Å²) in [7, 11) is 1.23. The first kappa shape index (κ1) is 9.39. The van der Waals surface area contributed by atoms with Gasteiger partial charge in [-0.25, -0.2) is 4.79 Å². The molecule has 0 heterocycles. The van der Waals surface area contributed by atoms with Crippen molar-refractivity contribution in [2.24, 2.45) is 11.7 Å². The van der Waals surface area contributed by atoms with Crippen molar-refractivity contribution in [3.8, 4) is 0 Å². The van der Waals surface area contributed by atoms with Crippen molar-refractivity contribution in [3.63, 3.8) is 0 Å². The summed E-state index contributed by atoms with van der Waals surface area (Å²) in [6, 6.07) is 0. The fraction of sp³-hybridized carbons (Fsp3) is 0.833. The number of aliphatic hydroxyl groups excluding tert-OH is 1. The molecule has 60 valence electrons. The Kier molecular flexibility index (Phi) is 3.99. The minimum atomic E-state index is -1.09. The van der Waals surface area contributed by atoms with Crippen molar-refractivity contribution in [3.05, 3.63) is 0 Å². The van der Waals surface area contributed by atoms with E-state index in [2.05, 4.69) is 4.74 Å². The molecule has 0 saturated carbocycles. The lowest BCUT2D eigenvalue weighted by molar-refractivity contribution is -0.152. The van der Waals surface area contributed by atoms with E-state index in [1.54, 1.807) is 6.92 Å². The molecule has 10 heavy (non-hydrogen) atoms. The van der Waals surface area contributed by atoms with Gasteiger partial charge in [0.1, 0.15) is 0 Å². The summed E-state index contributed by atoms with van der Waals surface area (Å²) in [4.78, 5) is 10.6. The largest absolute Gasteiger partial charge is 0.467 e. The van der Waals surface area contributed by atoms with Crippen LogP contribution in [-0.2, 0) is 9.53 Å². The van der Waals surface area contributed by atoms with Crippen molar-refractivity contribution in [2.45, 2.75) is 13.0 Å². The highest BCUT2D eigenvalue weighted by Gasteiger charge is 2.21. The van der Waals surface area contributed by atoms with E-state index in [-0.39, 0.29) is 12.5 Å². The summed E-state index contributed by atoms with van der Waals surface area (Å²) in [5.74, 6) is -0.870. The van der Waals surface area contributed by atoms with Crippen molar-refractivity contribution >= 4 is 5.97 Å². The molecule has 2 unspecified atom stereocenters. The third-order valence-corrected chi connectivity index (χ3v) is 1.35. The summed E-state index contributed by atoms with van der Waals surface area (Å²) in [5.41, 5.74) is 5.20. The first-order valence-corrected chi connectivity index (χ1v) is 3.09. The second-order valence-corrected chi connectivity index (χ2v) is 2.18. The van der Waals surface area contributed by atoms with E-state index in [0.29, 0.717) is 0 Å². The molecule has 4 heteroatoms. The second-order valence-electron chi connectivity index (χ2n) is 2.18. The first-order valence-electron chi connectivity index (χ1n) is 3.09. The zero-order valence-electron chi connectivity index (χ0n) is 6.20. The maximum Gasteiger partial charge on any atom is 0.335 e. The second kappa shape index (κ2) is 4.24. The fourth-order valence-corrected chi connectivity index (χ4v) is 0.482. The molecule has 0 bridgehead atoms. The highest BCUT2D eigenvalue weighted by molar-refractivity contribution is 5.74. The predicted molar refractivity (Wildman–Crippen MR) is 36.2 cm³/mol. The van der Waals surface area contributed by atoms with Crippen LogP contribution in [0.1, 0.15) is 6.92 Å². The summed E-state index contributed by atoms with van der Waals surface area (Å²) >= 11 is 0. The van der Waals surface area contributed by atoms with Crippen LogP contribution in [-0.4, -0.2) is 30.8 Å². The topological polar surface area (TPSA) is 72.5 Å². The number of carbonyl (C=O) groups is 1. The van der Waals surface area contributed by atoms with Crippen molar-refractivity contribution in [2.75, 3.05) is 13.7 Å². The molecule has 0 spiro atoms. The summed E-state index contributed by atoms with van der Waals surface area (Å²) < 4.78 is 4.29. The molecule has 2 atom stereocenters. The number of carbonyl (C=O) groups excluding carboxylic acids is 1. The van der Waals surface area contributed by atoms with Crippen molar-refractivity contribution < 1.29 is 14.6 Å². The van der Waals surface area contributed by atoms with Crippen molar-refractivity contribution in [1.29, 1.82) is 0 Å². The zero-order valence-corrected chi connectivity index (χ0v) is 6.20. The number of ether oxygens (including phenoxy) is 1. The summed E-state index contributed by atoms with van der Waals surface area (Å²) in [6.45, 7) is 1.96. The van der Waals surface area contributed by atoms with Crippen LogP contribution >= 0.6 is 0 Å². The van der Waals surface area contributed by atoms with Crippen LogP contribution in [0.2, 0.25) is 0 Å². The van der Waals surface area contributed by atoms with Gasteiger partial charge in [-0.15, -0.1) is 0 Å². The Hall–Kier alpha value is -0.610. The zero-order chi connectivity index (χ0) is 8.15. The van der Waals surface area contributed by atoms with E-state index in [1.165, 1.54) is 7.11 Å². The standard InChI is InChI=1S/C6H13NO3/c1-4(3-7)5(8)6(9)10-2/h4-5,8H,3,7H2,1-2H3. The van der Waals surface area contributed by atoms with E-state index in [1.807, 2.05) is 0 Å². The number of aliphatic hydroxyl groups is 1. The van der Waals surface area contributed by atoms with Crippen LogP contribution in [0.5, 0.6) is 0 Å². The normalized spacial score (nSPS) is 16.0. The van der Waals surface area contributed by atoms with Gasteiger partial charge in [0.15, 0.2) is 6.10 Å². The minimum absolute atomic E-state index is 0.243. The minimum Gasteiger partial charge on any atom is -0.467 e. The fourth-order valence-electron chi connectivity index (χ4n) is 0.482. The Morgan fingerprint density at radius 3 is 2.60 bits per heavy atom. The SMILES string of the molecule is COC(=O)C(O)C(C)CN. The van der Waals surface area contributed by atoms with Gasteiger partial charge in [-0.1, -0.05) is 6.92 Å². The average Bonchev–Trinajstić information content (AvgIpc) is 2.00. The average molecular weight is 147 g/mol. The molecule has 0 amide bonds. The van der Waals surface area contributed by atoms with Crippen LogP contribution < -0.4 is 5.73 Å². The molecule has 0 fully saturated rings. The van der Waals surface area contributed by atoms with Crippen LogP contribution in [0.3, 0.4) is 0 Å². The molecular weight excluding hydrogens is 134 g/mol. The lowest BCUT2D eigenvalue weighted by Gasteiger charge is -2.13. The molecule has 0 aromatic heterocycles. The van der Waals surface area contributed by atoms with Crippen LogP contribution in [0.15, 0.2) is 0 Å². The number of hydrogen-bond donors (Lipinski definition) is 2. The lowest BCUT2D eigenvalue weighted by Crippen LogP contribution is -2.33. The van der Waals surface area contributed by atoms with Gasteiger partial charge in [0.2, 0.25) is 0 Å². The Labute approximate surface area is 60.0 Å². The van der Waals surface area contributed by atoms with Gasteiger partial charge in [0.05, 0.1) is 7.11 Å². The third kappa shape index (κ3) is 2.33. The van der Waals surface area contributed by atoms with Crippen LogP contribution in [0.25, 0.3) is 0 Å². The molecule has 0 aromatic rings.